The van der Waals surface area contributed by atoms with E-state index in [1.807, 2.05) is 6.07 Å². The highest BCUT2D eigenvalue weighted by atomic mass is 32.2. The largest absolute Gasteiger partial charge is 0.254 e. The molecule has 0 amide bonds. The minimum Gasteiger partial charge on any atom is -0.254 e. The Morgan fingerprint density at radius 1 is 1.44 bits per heavy atom. The fourth-order valence-corrected chi connectivity index (χ4v) is 1.92. The van der Waals surface area contributed by atoms with Crippen LogP contribution in [-0.4, -0.2) is 15.2 Å². The zero-order valence-electron chi connectivity index (χ0n) is 8.14. The molecule has 0 bridgehead atoms. The molecule has 0 unspecified atom stereocenters. The van der Waals surface area contributed by atoms with Crippen molar-refractivity contribution >= 4 is 11.8 Å². The summed E-state index contributed by atoms with van der Waals surface area (Å²) in [7, 11) is 0. The Hall–Kier alpha value is -1.87. The van der Waals surface area contributed by atoms with Crippen molar-refractivity contribution in [1.82, 2.24) is 15.2 Å². The van der Waals surface area contributed by atoms with Gasteiger partial charge in [-0.05, 0) is 23.8 Å². The van der Waals surface area contributed by atoms with Crippen LogP contribution in [0.3, 0.4) is 0 Å². The minimum absolute atomic E-state index is 0.327. The van der Waals surface area contributed by atoms with Crippen LogP contribution in [0.5, 0.6) is 0 Å². The zero-order chi connectivity index (χ0) is 11.4. The Balaban J connectivity index is 2.10. The Labute approximate surface area is 95.5 Å². The molecule has 0 atom stereocenters. The molecule has 0 saturated carbocycles. The van der Waals surface area contributed by atoms with E-state index in [0.717, 1.165) is 5.56 Å². The first-order valence-electron chi connectivity index (χ1n) is 4.45. The number of benzene rings is 1. The van der Waals surface area contributed by atoms with Crippen molar-refractivity contribution in [2.45, 2.75) is 10.9 Å². The Kier molecular flexibility index (Phi) is 3.17. The van der Waals surface area contributed by atoms with Crippen LogP contribution in [-0.2, 0) is 5.75 Å². The van der Waals surface area contributed by atoms with Crippen LogP contribution >= 0.6 is 11.8 Å². The molecule has 1 aromatic carbocycles. The van der Waals surface area contributed by atoms with Crippen LogP contribution in [0.25, 0.3) is 0 Å². The molecule has 2 rings (SSSR count). The van der Waals surface area contributed by atoms with Gasteiger partial charge in [0.05, 0.1) is 11.6 Å². The number of nitriles is 1. The maximum atomic E-state index is 13.1. The van der Waals surface area contributed by atoms with Gasteiger partial charge in [0.15, 0.2) is 5.16 Å². The lowest BCUT2D eigenvalue weighted by molar-refractivity contribution is 0.626. The fourth-order valence-electron chi connectivity index (χ4n) is 1.21. The first-order chi connectivity index (χ1) is 7.78. The molecule has 0 aliphatic rings. The Morgan fingerprint density at radius 2 is 2.31 bits per heavy atom. The third-order valence-corrected chi connectivity index (χ3v) is 2.80. The van der Waals surface area contributed by atoms with E-state index in [9.17, 15) is 4.39 Å². The van der Waals surface area contributed by atoms with Gasteiger partial charge in [0.1, 0.15) is 12.1 Å². The number of rotatable bonds is 3. The van der Waals surface area contributed by atoms with Crippen LogP contribution in [0.2, 0.25) is 0 Å². The number of nitrogens with zero attached hydrogens (tertiary/aromatic N) is 3. The van der Waals surface area contributed by atoms with Gasteiger partial charge in [0, 0.05) is 5.75 Å². The molecule has 80 valence electrons. The summed E-state index contributed by atoms with van der Waals surface area (Å²) >= 11 is 1.40. The first-order valence-corrected chi connectivity index (χ1v) is 5.44. The van der Waals surface area contributed by atoms with Crippen molar-refractivity contribution in [3.8, 4) is 6.07 Å². The second-order valence-electron chi connectivity index (χ2n) is 3.04. The van der Waals surface area contributed by atoms with Gasteiger partial charge in [-0.1, -0.05) is 11.8 Å². The quantitative estimate of drug-likeness (QED) is 0.826. The van der Waals surface area contributed by atoms with E-state index in [1.165, 1.54) is 30.2 Å². The highest BCUT2D eigenvalue weighted by Gasteiger charge is 2.02. The molecule has 1 N–H and O–H groups in total. The SMILES string of the molecule is N#Cc1cc(F)cc(CSc2ncn[nH]2)c1. The second-order valence-corrected chi connectivity index (χ2v) is 4.00. The fraction of sp³-hybridized carbons (Fsp3) is 0.100. The molecule has 1 aromatic heterocycles. The molecule has 0 saturated heterocycles. The number of thioether (sulfide) groups is 1. The number of hydrogen-bond donors (Lipinski definition) is 1. The lowest BCUT2D eigenvalue weighted by Gasteiger charge is -2.00. The third-order valence-electron chi connectivity index (χ3n) is 1.86. The van der Waals surface area contributed by atoms with Crippen molar-refractivity contribution in [3.05, 3.63) is 41.5 Å². The normalized spacial score (nSPS) is 10.0. The van der Waals surface area contributed by atoms with E-state index >= 15 is 0 Å². The number of aromatic amines is 1. The molecular formula is C10H7FN4S. The first kappa shape index (κ1) is 10.6. The van der Waals surface area contributed by atoms with Gasteiger partial charge >= 0.3 is 0 Å². The monoisotopic (exact) mass is 234 g/mol. The summed E-state index contributed by atoms with van der Waals surface area (Å²) in [5.74, 6) is 0.147. The predicted molar refractivity (Wildman–Crippen MR) is 57.1 cm³/mol. The Morgan fingerprint density at radius 3 is 3.00 bits per heavy atom. The molecule has 16 heavy (non-hydrogen) atoms. The second kappa shape index (κ2) is 4.77. The number of hydrogen-bond acceptors (Lipinski definition) is 4. The summed E-state index contributed by atoms with van der Waals surface area (Å²) in [6.45, 7) is 0. The van der Waals surface area contributed by atoms with Crippen LogP contribution < -0.4 is 0 Å². The smallest absolute Gasteiger partial charge is 0.183 e. The molecular weight excluding hydrogens is 227 g/mol. The molecule has 2 aromatic rings. The zero-order valence-corrected chi connectivity index (χ0v) is 8.96. The van der Waals surface area contributed by atoms with Gasteiger partial charge in [0.2, 0.25) is 0 Å². The molecule has 6 heteroatoms. The van der Waals surface area contributed by atoms with Crippen LogP contribution in [0.1, 0.15) is 11.1 Å². The summed E-state index contributed by atoms with van der Waals surface area (Å²) in [4.78, 5) is 3.93. The molecule has 0 radical (unpaired) electrons. The lowest BCUT2D eigenvalue weighted by Crippen LogP contribution is -1.87. The highest BCUT2D eigenvalue weighted by molar-refractivity contribution is 7.98. The van der Waals surface area contributed by atoms with E-state index in [2.05, 4.69) is 15.2 Å². The van der Waals surface area contributed by atoms with E-state index in [0.29, 0.717) is 16.5 Å². The summed E-state index contributed by atoms with van der Waals surface area (Å²) in [5.41, 5.74) is 1.08. The van der Waals surface area contributed by atoms with Gasteiger partial charge < -0.3 is 0 Å². The van der Waals surface area contributed by atoms with Gasteiger partial charge in [0.25, 0.3) is 0 Å². The maximum absolute atomic E-state index is 13.1. The maximum Gasteiger partial charge on any atom is 0.183 e. The van der Waals surface area contributed by atoms with Crippen molar-refractivity contribution in [1.29, 1.82) is 5.26 Å². The van der Waals surface area contributed by atoms with Crippen molar-refractivity contribution in [3.63, 3.8) is 0 Å². The van der Waals surface area contributed by atoms with Crippen molar-refractivity contribution in [2.24, 2.45) is 0 Å². The van der Waals surface area contributed by atoms with Crippen molar-refractivity contribution in [2.75, 3.05) is 0 Å². The van der Waals surface area contributed by atoms with Crippen LogP contribution in [0, 0.1) is 17.1 Å². The molecule has 0 fully saturated rings. The van der Waals surface area contributed by atoms with Gasteiger partial charge in [-0.25, -0.2) is 9.37 Å². The number of aromatic nitrogens is 3. The van der Waals surface area contributed by atoms with Gasteiger partial charge in [-0.2, -0.15) is 10.4 Å². The number of halogens is 1. The van der Waals surface area contributed by atoms with Crippen molar-refractivity contribution < 1.29 is 4.39 Å². The number of H-pyrrole nitrogens is 1. The predicted octanol–water partition coefficient (Wildman–Crippen LogP) is 2.11. The standard InChI is InChI=1S/C10H7FN4S/c11-9-2-7(4-12)1-8(3-9)5-16-10-13-6-14-15-10/h1-3,6H,5H2,(H,13,14,15). The van der Waals surface area contributed by atoms with Crippen LogP contribution in [0.15, 0.2) is 29.7 Å². The summed E-state index contributed by atoms with van der Waals surface area (Å²) in [6.07, 6.45) is 1.41. The van der Waals surface area contributed by atoms with E-state index in [-0.39, 0.29) is 0 Å². The summed E-state index contributed by atoms with van der Waals surface area (Å²) < 4.78 is 13.1. The molecule has 0 aliphatic carbocycles. The van der Waals surface area contributed by atoms with E-state index in [1.54, 1.807) is 6.07 Å². The lowest BCUT2D eigenvalue weighted by atomic mass is 10.1. The minimum atomic E-state index is -0.396. The summed E-state index contributed by atoms with van der Waals surface area (Å²) in [5, 5.41) is 15.8. The van der Waals surface area contributed by atoms with E-state index < -0.39 is 5.82 Å². The van der Waals surface area contributed by atoms with Gasteiger partial charge in [-0.3, -0.25) is 5.10 Å². The van der Waals surface area contributed by atoms with Gasteiger partial charge in [-0.15, -0.1) is 0 Å². The molecule has 1 heterocycles. The third kappa shape index (κ3) is 2.58. The molecule has 0 aliphatic heterocycles. The average molecular weight is 234 g/mol. The van der Waals surface area contributed by atoms with Crippen LogP contribution in [0.4, 0.5) is 4.39 Å². The molecule has 4 nitrogen and oxygen atoms in total. The Bertz CT molecular complexity index is 518. The summed E-state index contributed by atoms with van der Waals surface area (Å²) in [6, 6.07) is 6.19. The number of nitrogens with one attached hydrogen (secondary N) is 1. The van der Waals surface area contributed by atoms with E-state index in [4.69, 9.17) is 5.26 Å². The highest BCUT2D eigenvalue weighted by Crippen LogP contribution is 2.19. The topological polar surface area (TPSA) is 65.4 Å². The average Bonchev–Trinajstić information content (AvgIpc) is 2.78. The molecule has 0 spiro atoms.